The third kappa shape index (κ3) is 2.26. The summed E-state index contributed by atoms with van der Waals surface area (Å²) < 4.78 is 4.75. The average molecular weight is 155 g/mol. The molecule has 1 saturated heterocycles. The fraction of sp³-hybridized carbons (Fsp3) is 0.625. The summed E-state index contributed by atoms with van der Waals surface area (Å²) in [4.78, 5) is 10.9. The van der Waals surface area contributed by atoms with Gasteiger partial charge in [0.05, 0.1) is 12.2 Å². The van der Waals surface area contributed by atoms with E-state index >= 15 is 0 Å². The van der Waals surface area contributed by atoms with Crippen LogP contribution in [0.15, 0.2) is 11.8 Å². The van der Waals surface area contributed by atoms with Crippen LogP contribution in [0.3, 0.4) is 0 Å². The lowest BCUT2D eigenvalue weighted by Gasteiger charge is -2.03. The number of hydrogen-bond donors (Lipinski definition) is 1. The van der Waals surface area contributed by atoms with E-state index in [1.807, 2.05) is 13.8 Å². The third-order valence-electron chi connectivity index (χ3n) is 1.46. The second kappa shape index (κ2) is 3.42. The van der Waals surface area contributed by atoms with Gasteiger partial charge in [-0.15, -0.1) is 0 Å². The topological polar surface area (TPSA) is 38.3 Å². The maximum atomic E-state index is 10.9. The first-order valence-electron chi connectivity index (χ1n) is 3.82. The summed E-state index contributed by atoms with van der Waals surface area (Å²) >= 11 is 0. The van der Waals surface area contributed by atoms with E-state index in [0.29, 0.717) is 12.6 Å². The van der Waals surface area contributed by atoms with Crippen LogP contribution in [-0.4, -0.2) is 18.6 Å². The molecule has 1 fully saturated rings. The van der Waals surface area contributed by atoms with E-state index in [1.54, 1.807) is 6.20 Å². The molecule has 0 aromatic carbocycles. The summed E-state index contributed by atoms with van der Waals surface area (Å²) in [6, 6.07) is 0.371. The Labute approximate surface area is 66.4 Å². The Hall–Kier alpha value is -0.990. The van der Waals surface area contributed by atoms with Crippen LogP contribution in [0.2, 0.25) is 0 Å². The highest BCUT2D eigenvalue weighted by atomic mass is 16.5. The first kappa shape index (κ1) is 8.11. The van der Waals surface area contributed by atoms with Crippen molar-refractivity contribution >= 4 is 5.97 Å². The maximum absolute atomic E-state index is 10.9. The highest BCUT2D eigenvalue weighted by molar-refractivity contribution is 5.90. The van der Waals surface area contributed by atoms with Crippen LogP contribution in [0, 0.1) is 0 Å². The van der Waals surface area contributed by atoms with E-state index < -0.39 is 0 Å². The van der Waals surface area contributed by atoms with Crippen molar-refractivity contribution in [2.75, 3.05) is 6.61 Å². The molecular formula is C8H13NO2. The van der Waals surface area contributed by atoms with Crippen molar-refractivity contribution in [1.82, 2.24) is 5.32 Å². The predicted molar refractivity (Wildman–Crippen MR) is 41.9 cm³/mol. The standard InChI is InChI=1S/C8H13NO2/c1-6(2)9-5-7-3-4-11-8(7)10/h5-6,9H,3-4H2,1-2H3/b7-5-. The first-order chi connectivity index (χ1) is 5.20. The van der Waals surface area contributed by atoms with Crippen LogP contribution < -0.4 is 5.32 Å². The summed E-state index contributed by atoms with van der Waals surface area (Å²) in [7, 11) is 0. The van der Waals surface area contributed by atoms with Gasteiger partial charge < -0.3 is 10.1 Å². The zero-order valence-electron chi connectivity index (χ0n) is 6.89. The Morgan fingerprint density at radius 1 is 1.64 bits per heavy atom. The molecule has 11 heavy (non-hydrogen) atoms. The zero-order valence-corrected chi connectivity index (χ0v) is 6.89. The van der Waals surface area contributed by atoms with Gasteiger partial charge in [-0.25, -0.2) is 4.79 Å². The van der Waals surface area contributed by atoms with Gasteiger partial charge >= 0.3 is 5.97 Å². The minimum Gasteiger partial charge on any atom is -0.462 e. The molecule has 0 atom stereocenters. The number of rotatable bonds is 2. The average Bonchev–Trinajstić information content (AvgIpc) is 2.31. The summed E-state index contributed by atoms with van der Waals surface area (Å²) in [5.74, 6) is -0.182. The molecule has 0 spiro atoms. The SMILES string of the molecule is CC(C)N/C=C1/CCOC1=O. The lowest BCUT2D eigenvalue weighted by Crippen LogP contribution is -2.17. The predicted octanol–water partition coefficient (Wildman–Crippen LogP) is 0.815. The molecule has 1 heterocycles. The van der Waals surface area contributed by atoms with E-state index in [4.69, 9.17) is 4.74 Å². The molecule has 1 aliphatic rings. The van der Waals surface area contributed by atoms with Crippen molar-refractivity contribution in [1.29, 1.82) is 0 Å². The summed E-state index contributed by atoms with van der Waals surface area (Å²) in [5, 5.41) is 3.05. The van der Waals surface area contributed by atoms with Crippen LogP contribution in [0.5, 0.6) is 0 Å². The van der Waals surface area contributed by atoms with Crippen LogP contribution >= 0.6 is 0 Å². The van der Waals surface area contributed by atoms with Gasteiger partial charge in [-0.3, -0.25) is 0 Å². The Morgan fingerprint density at radius 3 is 2.82 bits per heavy atom. The van der Waals surface area contributed by atoms with Gasteiger partial charge in [-0.05, 0) is 13.8 Å². The Bertz CT molecular complexity index is 185. The van der Waals surface area contributed by atoms with Gasteiger partial charge in [-0.1, -0.05) is 0 Å². The monoisotopic (exact) mass is 155 g/mol. The van der Waals surface area contributed by atoms with Crippen molar-refractivity contribution in [3.63, 3.8) is 0 Å². The number of carbonyl (C=O) groups is 1. The molecule has 1 aliphatic heterocycles. The summed E-state index contributed by atoms with van der Waals surface area (Å²) in [6.45, 7) is 4.58. The normalized spacial score (nSPS) is 21.0. The minimum atomic E-state index is -0.182. The largest absolute Gasteiger partial charge is 0.462 e. The van der Waals surface area contributed by atoms with Gasteiger partial charge in [0.1, 0.15) is 0 Å². The Balaban J connectivity index is 2.45. The number of nitrogens with one attached hydrogen (secondary N) is 1. The number of ether oxygens (including phenoxy) is 1. The lowest BCUT2D eigenvalue weighted by molar-refractivity contribution is -0.135. The van der Waals surface area contributed by atoms with Gasteiger partial charge in [-0.2, -0.15) is 0 Å². The molecule has 0 aromatic rings. The van der Waals surface area contributed by atoms with Gasteiger partial charge in [0, 0.05) is 18.7 Å². The van der Waals surface area contributed by atoms with Crippen molar-refractivity contribution in [3.05, 3.63) is 11.8 Å². The molecule has 0 aromatic heterocycles. The molecule has 1 rings (SSSR count). The molecule has 0 aliphatic carbocycles. The van der Waals surface area contributed by atoms with E-state index in [1.165, 1.54) is 0 Å². The van der Waals surface area contributed by atoms with Gasteiger partial charge in [0.2, 0.25) is 0 Å². The number of esters is 1. The first-order valence-corrected chi connectivity index (χ1v) is 3.82. The number of carbonyl (C=O) groups excluding carboxylic acids is 1. The van der Waals surface area contributed by atoms with E-state index in [9.17, 15) is 4.79 Å². The second-order valence-corrected chi connectivity index (χ2v) is 2.88. The zero-order chi connectivity index (χ0) is 8.27. The highest BCUT2D eigenvalue weighted by Crippen LogP contribution is 2.11. The fourth-order valence-electron chi connectivity index (χ4n) is 0.847. The molecule has 3 heteroatoms. The molecule has 0 amide bonds. The van der Waals surface area contributed by atoms with E-state index in [-0.39, 0.29) is 5.97 Å². The third-order valence-corrected chi connectivity index (χ3v) is 1.46. The highest BCUT2D eigenvalue weighted by Gasteiger charge is 2.17. The lowest BCUT2D eigenvalue weighted by atomic mass is 10.2. The van der Waals surface area contributed by atoms with Crippen LogP contribution in [0.4, 0.5) is 0 Å². The molecular weight excluding hydrogens is 142 g/mol. The van der Waals surface area contributed by atoms with Crippen molar-refractivity contribution in [3.8, 4) is 0 Å². The van der Waals surface area contributed by atoms with Gasteiger partial charge in [0.15, 0.2) is 0 Å². The quantitative estimate of drug-likeness (QED) is 0.474. The van der Waals surface area contributed by atoms with Gasteiger partial charge in [0.25, 0.3) is 0 Å². The molecule has 0 saturated carbocycles. The van der Waals surface area contributed by atoms with Crippen LogP contribution in [-0.2, 0) is 9.53 Å². The van der Waals surface area contributed by atoms with Crippen LogP contribution in [0.1, 0.15) is 20.3 Å². The number of cyclic esters (lactones) is 1. The van der Waals surface area contributed by atoms with E-state index in [0.717, 1.165) is 12.0 Å². The van der Waals surface area contributed by atoms with Crippen molar-refractivity contribution in [2.45, 2.75) is 26.3 Å². The fourth-order valence-corrected chi connectivity index (χ4v) is 0.847. The molecule has 62 valence electrons. The maximum Gasteiger partial charge on any atom is 0.335 e. The van der Waals surface area contributed by atoms with Crippen molar-refractivity contribution < 1.29 is 9.53 Å². The van der Waals surface area contributed by atoms with E-state index in [2.05, 4.69) is 5.32 Å². The molecule has 0 radical (unpaired) electrons. The summed E-state index contributed by atoms with van der Waals surface area (Å²) in [6.07, 6.45) is 2.48. The Morgan fingerprint density at radius 2 is 2.36 bits per heavy atom. The smallest absolute Gasteiger partial charge is 0.335 e. The Kier molecular flexibility index (Phi) is 2.52. The van der Waals surface area contributed by atoms with Crippen molar-refractivity contribution in [2.24, 2.45) is 0 Å². The minimum absolute atomic E-state index is 0.182. The van der Waals surface area contributed by atoms with Crippen LogP contribution in [0.25, 0.3) is 0 Å². The molecule has 1 N–H and O–H groups in total. The second-order valence-electron chi connectivity index (χ2n) is 2.88. The molecule has 0 bridgehead atoms. The number of hydrogen-bond acceptors (Lipinski definition) is 3. The molecule has 3 nitrogen and oxygen atoms in total. The molecule has 0 unspecified atom stereocenters. The summed E-state index contributed by atoms with van der Waals surface area (Å²) in [5.41, 5.74) is 0.749.